The summed E-state index contributed by atoms with van der Waals surface area (Å²) in [6, 6.07) is 1.85. The van der Waals surface area contributed by atoms with E-state index in [-0.39, 0.29) is 17.9 Å². The Hall–Kier alpha value is -2.90. The fourth-order valence-corrected chi connectivity index (χ4v) is 3.97. The quantitative estimate of drug-likeness (QED) is 0.677. The molecular weight excluding hydrogens is 356 g/mol. The summed E-state index contributed by atoms with van der Waals surface area (Å²) >= 11 is 0. The van der Waals surface area contributed by atoms with Gasteiger partial charge in [0.1, 0.15) is 12.4 Å². The molecule has 1 aliphatic heterocycles. The van der Waals surface area contributed by atoms with Crippen LogP contribution in [0.1, 0.15) is 55.9 Å². The normalized spacial score (nSPS) is 17.0. The molecule has 4 heterocycles. The van der Waals surface area contributed by atoms with Gasteiger partial charge in [0, 0.05) is 44.2 Å². The van der Waals surface area contributed by atoms with Gasteiger partial charge < -0.3 is 14.0 Å². The lowest BCUT2D eigenvalue weighted by molar-refractivity contribution is -0.132. The molecule has 0 spiro atoms. The molecule has 0 aromatic carbocycles. The maximum absolute atomic E-state index is 13.1. The minimum Gasteiger partial charge on any atom is -0.356 e. The second kappa shape index (κ2) is 7.26. The molecule has 1 aliphatic rings. The molecule has 0 saturated carbocycles. The highest BCUT2D eigenvalue weighted by Crippen LogP contribution is 2.37. The SMILES string of the molecule is Cc1cc(-c2cn(C)nc2[C@@H]2CCCN2C(=O)Cn2ccnc2C(C)C)on1. The van der Waals surface area contributed by atoms with Gasteiger partial charge in [0.25, 0.3) is 0 Å². The summed E-state index contributed by atoms with van der Waals surface area (Å²) < 4.78 is 9.19. The summed E-state index contributed by atoms with van der Waals surface area (Å²) in [5, 5.41) is 8.67. The van der Waals surface area contributed by atoms with E-state index in [1.54, 1.807) is 10.9 Å². The van der Waals surface area contributed by atoms with Crippen LogP contribution in [0, 0.1) is 6.92 Å². The fourth-order valence-electron chi connectivity index (χ4n) is 3.97. The van der Waals surface area contributed by atoms with Gasteiger partial charge >= 0.3 is 0 Å². The van der Waals surface area contributed by atoms with E-state index < -0.39 is 0 Å². The van der Waals surface area contributed by atoms with E-state index in [1.807, 2.05) is 41.9 Å². The Morgan fingerprint density at radius 3 is 2.93 bits per heavy atom. The molecule has 0 aliphatic carbocycles. The monoisotopic (exact) mass is 382 g/mol. The van der Waals surface area contributed by atoms with Crippen LogP contribution in [0.4, 0.5) is 0 Å². The average Bonchev–Trinajstić information content (AvgIpc) is 3.39. The molecule has 1 fully saturated rings. The zero-order valence-corrected chi connectivity index (χ0v) is 16.8. The summed E-state index contributed by atoms with van der Waals surface area (Å²) in [7, 11) is 1.89. The van der Waals surface area contributed by atoms with Gasteiger partial charge in [-0.15, -0.1) is 0 Å². The van der Waals surface area contributed by atoms with Crippen LogP contribution in [-0.4, -0.2) is 41.8 Å². The highest BCUT2D eigenvalue weighted by molar-refractivity contribution is 5.77. The molecule has 0 bridgehead atoms. The van der Waals surface area contributed by atoms with Crippen molar-refractivity contribution in [2.75, 3.05) is 6.54 Å². The number of nitrogens with zero attached hydrogens (tertiary/aromatic N) is 6. The first-order chi connectivity index (χ1) is 13.4. The van der Waals surface area contributed by atoms with Crippen molar-refractivity contribution in [1.82, 2.24) is 29.4 Å². The van der Waals surface area contributed by atoms with E-state index in [0.717, 1.165) is 42.2 Å². The number of imidazole rings is 1. The minimum atomic E-state index is -0.0554. The number of carbonyl (C=O) groups excluding carboxylic acids is 1. The van der Waals surface area contributed by atoms with E-state index in [0.29, 0.717) is 12.3 Å². The highest BCUT2D eigenvalue weighted by atomic mass is 16.5. The van der Waals surface area contributed by atoms with Crippen LogP contribution < -0.4 is 0 Å². The Balaban J connectivity index is 1.61. The molecule has 1 saturated heterocycles. The molecule has 0 unspecified atom stereocenters. The van der Waals surface area contributed by atoms with E-state index >= 15 is 0 Å². The molecule has 8 heteroatoms. The number of hydrogen-bond donors (Lipinski definition) is 0. The maximum atomic E-state index is 13.1. The Morgan fingerprint density at radius 2 is 2.21 bits per heavy atom. The third-order valence-corrected chi connectivity index (χ3v) is 5.21. The topological polar surface area (TPSA) is 82.0 Å². The Kier molecular flexibility index (Phi) is 4.78. The van der Waals surface area contributed by atoms with Gasteiger partial charge in [0.2, 0.25) is 5.91 Å². The van der Waals surface area contributed by atoms with Crippen molar-refractivity contribution >= 4 is 5.91 Å². The van der Waals surface area contributed by atoms with Gasteiger partial charge in [-0.05, 0) is 19.8 Å². The van der Waals surface area contributed by atoms with Gasteiger partial charge in [-0.25, -0.2) is 4.98 Å². The molecule has 0 radical (unpaired) electrons. The largest absolute Gasteiger partial charge is 0.356 e. The molecule has 3 aromatic heterocycles. The van der Waals surface area contributed by atoms with Crippen LogP contribution in [0.3, 0.4) is 0 Å². The number of rotatable bonds is 5. The lowest BCUT2D eigenvalue weighted by Crippen LogP contribution is -2.34. The van der Waals surface area contributed by atoms with Crippen molar-refractivity contribution in [2.24, 2.45) is 7.05 Å². The summed E-state index contributed by atoms with van der Waals surface area (Å²) in [4.78, 5) is 19.5. The predicted octanol–water partition coefficient (Wildman–Crippen LogP) is 3.07. The number of aryl methyl sites for hydroxylation is 2. The lowest BCUT2D eigenvalue weighted by atomic mass is 10.1. The van der Waals surface area contributed by atoms with Gasteiger partial charge in [-0.3, -0.25) is 9.48 Å². The first-order valence-corrected chi connectivity index (χ1v) is 9.71. The number of amides is 1. The number of carbonyl (C=O) groups is 1. The van der Waals surface area contributed by atoms with Crippen molar-refractivity contribution in [3.63, 3.8) is 0 Å². The van der Waals surface area contributed by atoms with Crippen LogP contribution in [0.2, 0.25) is 0 Å². The van der Waals surface area contributed by atoms with Crippen molar-refractivity contribution < 1.29 is 9.32 Å². The molecular formula is C20H26N6O2. The minimum absolute atomic E-state index is 0.0554. The molecule has 8 nitrogen and oxygen atoms in total. The van der Waals surface area contributed by atoms with Crippen LogP contribution in [0.15, 0.2) is 29.2 Å². The van der Waals surface area contributed by atoms with Crippen LogP contribution >= 0.6 is 0 Å². The lowest BCUT2D eigenvalue weighted by Gasteiger charge is -2.25. The molecule has 4 rings (SSSR count). The van der Waals surface area contributed by atoms with E-state index in [1.165, 1.54) is 0 Å². The van der Waals surface area contributed by atoms with Crippen molar-refractivity contribution in [1.29, 1.82) is 0 Å². The van der Waals surface area contributed by atoms with Gasteiger partial charge in [0.05, 0.1) is 23.0 Å². The second-order valence-corrected chi connectivity index (χ2v) is 7.75. The van der Waals surface area contributed by atoms with Crippen LogP contribution in [0.5, 0.6) is 0 Å². The zero-order valence-electron chi connectivity index (χ0n) is 16.8. The van der Waals surface area contributed by atoms with E-state index in [2.05, 4.69) is 29.1 Å². The van der Waals surface area contributed by atoms with E-state index in [9.17, 15) is 4.79 Å². The van der Waals surface area contributed by atoms with Crippen molar-refractivity contribution in [2.45, 2.75) is 52.1 Å². The Bertz CT molecular complexity index is 983. The molecule has 1 amide bonds. The molecule has 1 atom stereocenters. The first-order valence-electron chi connectivity index (χ1n) is 9.71. The van der Waals surface area contributed by atoms with Crippen molar-refractivity contribution in [3.05, 3.63) is 41.9 Å². The van der Waals surface area contributed by atoms with Gasteiger partial charge in [0.15, 0.2) is 5.76 Å². The third kappa shape index (κ3) is 3.34. The zero-order chi connectivity index (χ0) is 19.8. The molecule has 148 valence electrons. The molecule has 28 heavy (non-hydrogen) atoms. The summed E-state index contributed by atoms with van der Waals surface area (Å²) in [5.74, 6) is 1.98. The van der Waals surface area contributed by atoms with Crippen LogP contribution in [0.25, 0.3) is 11.3 Å². The molecule has 3 aromatic rings. The smallest absolute Gasteiger partial charge is 0.243 e. The average molecular weight is 382 g/mol. The summed E-state index contributed by atoms with van der Waals surface area (Å²) in [5.41, 5.74) is 2.60. The highest BCUT2D eigenvalue weighted by Gasteiger charge is 2.34. The number of aromatic nitrogens is 5. The standard InChI is InChI=1S/C20H26N6O2/c1-13(2)20-21-7-9-25(20)12-18(27)26-8-5-6-16(26)19-15(11-24(4)22-19)17-10-14(3)23-28-17/h7,9-11,13,16H,5-6,8,12H2,1-4H3/t16-/m0/s1. The Morgan fingerprint density at radius 1 is 1.39 bits per heavy atom. The second-order valence-electron chi connectivity index (χ2n) is 7.75. The first kappa shape index (κ1) is 18.5. The Labute approximate surface area is 164 Å². The fraction of sp³-hybridized carbons (Fsp3) is 0.500. The van der Waals surface area contributed by atoms with E-state index in [4.69, 9.17) is 4.52 Å². The van der Waals surface area contributed by atoms with Gasteiger partial charge in [-0.1, -0.05) is 19.0 Å². The summed E-state index contributed by atoms with van der Waals surface area (Å²) in [6.07, 6.45) is 7.42. The maximum Gasteiger partial charge on any atom is 0.243 e. The van der Waals surface area contributed by atoms with Gasteiger partial charge in [-0.2, -0.15) is 5.10 Å². The third-order valence-electron chi connectivity index (χ3n) is 5.21. The van der Waals surface area contributed by atoms with Crippen LogP contribution in [-0.2, 0) is 18.4 Å². The molecule has 0 N–H and O–H groups in total. The number of hydrogen-bond acceptors (Lipinski definition) is 5. The predicted molar refractivity (Wildman–Crippen MR) is 103 cm³/mol. The number of likely N-dealkylation sites (tertiary alicyclic amines) is 1. The summed E-state index contributed by atoms with van der Waals surface area (Å²) in [6.45, 7) is 7.10. The van der Waals surface area contributed by atoms with Crippen molar-refractivity contribution in [3.8, 4) is 11.3 Å².